The van der Waals surface area contributed by atoms with E-state index in [-0.39, 0.29) is 17.0 Å². The number of aromatic nitrogens is 3. The molecule has 1 atom stereocenters. The number of likely N-dealkylation sites (tertiary alicyclic amines) is 1. The van der Waals surface area contributed by atoms with Gasteiger partial charge in [0.05, 0.1) is 5.69 Å². The zero-order valence-electron chi connectivity index (χ0n) is 15.5. The molecule has 7 nitrogen and oxygen atoms in total. The summed E-state index contributed by atoms with van der Waals surface area (Å²) in [6, 6.07) is 3.46. The van der Waals surface area contributed by atoms with Crippen molar-refractivity contribution in [3.63, 3.8) is 0 Å². The second-order valence-corrected chi connectivity index (χ2v) is 6.82. The monoisotopic (exact) mass is 355 g/mol. The molecule has 0 radical (unpaired) electrons. The largest absolute Gasteiger partial charge is 0.372 e. The molecule has 0 unspecified atom stereocenters. The first-order chi connectivity index (χ1) is 12.5. The number of nitrogens with zero attached hydrogens (tertiary/aromatic N) is 4. The first kappa shape index (κ1) is 18.1. The van der Waals surface area contributed by atoms with Gasteiger partial charge in [-0.3, -0.25) is 14.6 Å². The van der Waals surface area contributed by atoms with Crippen molar-refractivity contribution in [2.24, 2.45) is 13.0 Å². The molecule has 1 fully saturated rings. The van der Waals surface area contributed by atoms with E-state index >= 15 is 0 Å². The van der Waals surface area contributed by atoms with Crippen LogP contribution in [0.3, 0.4) is 0 Å². The van der Waals surface area contributed by atoms with Crippen LogP contribution in [0.2, 0.25) is 0 Å². The molecule has 26 heavy (non-hydrogen) atoms. The van der Waals surface area contributed by atoms with E-state index in [0.717, 1.165) is 36.5 Å². The number of rotatable bonds is 4. The van der Waals surface area contributed by atoms with E-state index in [1.807, 2.05) is 20.0 Å². The molecule has 1 saturated heterocycles. The Labute approximate surface area is 153 Å². The second-order valence-electron chi connectivity index (χ2n) is 6.82. The summed E-state index contributed by atoms with van der Waals surface area (Å²) >= 11 is 0. The van der Waals surface area contributed by atoms with Crippen molar-refractivity contribution in [2.45, 2.75) is 26.2 Å². The summed E-state index contributed by atoms with van der Waals surface area (Å²) in [4.78, 5) is 35.8. The number of piperidine rings is 1. The third-order valence-electron chi connectivity index (χ3n) is 5.08. The fourth-order valence-electron chi connectivity index (χ4n) is 3.48. The third-order valence-corrected chi connectivity index (χ3v) is 5.08. The average molecular weight is 355 g/mol. The number of hydrogen-bond donors (Lipinski definition) is 1. The molecule has 2 aromatic rings. The summed E-state index contributed by atoms with van der Waals surface area (Å²) < 4.78 is 1.52. The Bertz CT molecular complexity index is 861. The Balaban J connectivity index is 1.75. The first-order valence-electron chi connectivity index (χ1n) is 8.94. The van der Waals surface area contributed by atoms with Crippen LogP contribution in [0, 0.1) is 12.8 Å². The van der Waals surface area contributed by atoms with Crippen LogP contribution in [0.1, 0.15) is 34.6 Å². The highest BCUT2D eigenvalue weighted by atomic mass is 16.2. The zero-order chi connectivity index (χ0) is 18.7. The Hall–Kier alpha value is -2.70. The highest BCUT2D eigenvalue weighted by molar-refractivity contribution is 5.94. The summed E-state index contributed by atoms with van der Waals surface area (Å²) in [7, 11) is 3.53. The summed E-state index contributed by atoms with van der Waals surface area (Å²) in [6.45, 7) is 3.17. The molecular weight excluding hydrogens is 330 g/mol. The van der Waals surface area contributed by atoms with Gasteiger partial charge in [0.25, 0.3) is 11.5 Å². The van der Waals surface area contributed by atoms with Gasteiger partial charge in [0.1, 0.15) is 11.4 Å². The predicted molar refractivity (Wildman–Crippen MR) is 100 cm³/mol. The number of amides is 1. The standard InChI is InChI=1S/C19H25N5O2/c1-13-6-7-15(18(25)23(13)3)19(26)24-10-4-5-14(12-24)11-16-17(20-2)22-9-8-21-16/h6-9,14H,4-5,10-12H2,1-3H3,(H,20,22)/t14-/m1/s1. The minimum absolute atomic E-state index is 0.178. The SMILES string of the molecule is CNc1nccnc1C[C@H]1CCCN(C(=O)c2ccc(C)n(C)c2=O)C1. The lowest BCUT2D eigenvalue weighted by Gasteiger charge is -2.32. The fraction of sp³-hybridized carbons (Fsp3) is 0.474. The molecule has 0 bridgehead atoms. The maximum atomic E-state index is 12.9. The van der Waals surface area contributed by atoms with Crippen LogP contribution in [0.5, 0.6) is 0 Å². The maximum absolute atomic E-state index is 12.9. The number of nitrogens with one attached hydrogen (secondary N) is 1. The summed E-state index contributed by atoms with van der Waals surface area (Å²) in [5.74, 6) is 0.914. The molecule has 7 heteroatoms. The number of anilines is 1. The van der Waals surface area contributed by atoms with Gasteiger partial charge in [0, 0.05) is 45.3 Å². The Kier molecular flexibility index (Phi) is 5.35. The molecule has 1 aliphatic heterocycles. The van der Waals surface area contributed by atoms with Crippen molar-refractivity contribution in [1.82, 2.24) is 19.4 Å². The van der Waals surface area contributed by atoms with Gasteiger partial charge in [-0.05, 0) is 44.2 Å². The van der Waals surface area contributed by atoms with E-state index < -0.39 is 0 Å². The smallest absolute Gasteiger partial charge is 0.263 e. The molecule has 0 spiro atoms. The van der Waals surface area contributed by atoms with Gasteiger partial charge in [-0.2, -0.15) is 0 Å². The number of pyridine rings is 1. The van der Waals surface area contributed by atoms with Crippen LogP contribution in [0.15, 0.2) is 29.3 Å². The summed E-state index contributed by atoms with van der Waals surface area (Å²) in [6.07, 6.45) is 6.09. The Morgan fingerprint density at radius 3 is 2.85 bits per heavy atom. The molecule has 138 valence electrons. The van der Waals surface area contributed by atoms with Crippen molar-refractivity contribution in [3.05, 3.63) is 51.8 Å². The van der Waals surface area contributed by atoms with Crippen LogP contribution in [0.4, 0.5) is 5.82 Å². The highest BCUT2D eigenvalue weighted by Crippen LogP contribution is 2.23. The van der Waals surface area contributed by atoms with E-state index in [0.29, 0.717) is 19.0 Å². The lowest BCUT2D eigenvalue weighted by atomic mass is 9.92. The number of aryl methyl sites for hydroxylation is 1. The van der Waals surface area contributed by atoms with Gasteiger partial charge in [-0.15, -0.1) is 0 Å². The normalized spacial score (nSPS) is 17.2. The van der Waals surface area contributed by atoms with Crippen LogP contribution >= 0.6 is 0 Å². The quantitative estimate of drug-likeness (QED) is 0.901. The average Bonchev–Trinajstić information content (AvgIpc) is 2.66. The van der Waals surface area contributed by atoms with Gasteiger partial charge < -0.3 is 14.8 Å². The topological polar surface area (TPSA) is 80.1 Å². The van der Waals surface area contributed by atoms with Gasteiger partial charge in [0.2, 0.25) is 0 Å². The fourth-order valence-corrected chi connectivity index (χ4v) is 3.48. The van der Waals surface area contributed by atoms with Crippen molar-refractivity contribution in [2.75, 3.05) is 25.5 Å². The molecule has 3 heterocycles. The molecule has 0 aromatic carbocycles. The van der Waals surface area contributed by atoms with Crippen LogP contribution in [-0.2, 0) is 13.5 Å². The van der Waals surface area contributed by atoms with Crippen molar-refractivity contribution >= 4 is 11.7 Å². The van der Waals surface area contributed by atoms with Crippen molar-refractivity contribution < 1.29 is 4.79 Å². The molecular formula is C19H25N5O2. The molecule has 3 rings (SSSR count). The van der Waals surface area contributed by atoms with Crippen molar-refractivity contribution in [1.29, 1.82) is 0 Å². The van der Waals surface area contributed by atoms with Gasteiger partial charge in [0.15, 0.2) is 0 Å². The summed E-state index contributed by atoms with van der Waals surface area (Å²) in [5.41, 5.74) is 1.77. The van der Waals surface area contributed by atoms with E-state index in [4.69, 9.17) is 0 Å². The third kappa shape index (κ3) is 3.61. The Morgan fingerprint density at radius 1 is 1.31 bits per heavy atom. The van der Waals surface area contributed by atoms with Crippen molar-refractivity contribution in [3.8, 4) is 0 Å². The van der Waals surface area contributed by atoms with E-state index in [1.165, 1.54) is 4.57 Å². The molecule has 1 N–H and O–H groups in total. The maximum Gasteiger partial charge on any atom is 0.263 e. The van der Waals surface area contributed by atoms with Gasteiger partial charge >= 0.3 is 0 Å². The molecule has 0 aliphatic carbocycles. The molecule has 1 aliphatic rings. The first-order valence-corrected chi connectivity index (χ1v) is 8.94. The minimum atomic E-state index is -0.233. The van der Waals surface area contributed by atoms with E-state index in [9.17, 15) is 9.59 Å². The number of carbonyl (C=O) groups excluding carboxylic acids is 1. The van der Waals surface area contributed by atoms with Gasteiger partial charge in [-0.1, -0.05) is 0 Å². The Morgan fingerprint density at radius 2 is 2.08 bits per heavy atom. The highest BCUT2D eigenvalue weighted by Gasteiger charge is 2.27. The molecule has 0 saturated carbocycles. The van der Waals surface area contributed by atoms with E-state index in [2.05, 4.69) is 15.3 Å². The lowest BCUT2D eigenvalue weighted by molar-refractivity contribution is 0.0670. The zero-order valence-corrected chi connectivity index (χ0v) is 15.5. The minimum Gasteiger partial charge on any atom is -0.372 e. The molecule has 1 amide bonds. The lowest BCUT2D eigenvalue weighted by Crippen LogP contribution is -2.43. The number of carbonyl (C=O) groups is 1. The van der Waals surface area contributed by atoms with Crippen LogP contribution < -0.4 is 10.9 Å². The van der Waals surface area contributed by atoms with Gasteiger partial charge in [-0.25, -0.2) is 4.98 Å². The predicted octanol–water partition coefficient (Wildman–Crippen LogP) is 1.62. The number of hydrogen-bond acceptors (Lipinski definition) is 5. The van der Waals surface area contributed by atoms with E-state index in [1.54, 1.807) is 30.4 Å². The second kappa shape index (κ2) is 7.68. The van der Waals surface area contributed by atoms with Crippen LogP contribution in [-0.4, -0.2) is 45.5 Å². The summed E-state index contributed by atoms with van der Waals surface area (Å²) in [5, 5.41) is 3.07. The van der Waals surface area contributed by atoms with Crippen LogP contribution in [0.25, 0.3) is 0 Å². The molecule has 2 aromatic heterocycles.